The van der Waals surface area contributed by atoms with Crippen LogP contribution in [0.3, 0.4) is 0 Å². The van der Waals surface area contributed by atoms with Crippen LogP contribution in [0.15, 0.2) is 30.3 Å². The smallest absolute Gasteiger partial charge is 0.234 e. The lowest BCUT2D eigenvalue weighted by Crippen LogP contribution is -2.21. The first-order chi connectivity index (χ1) is 11.2. The molecule has 1 unspecified atom stereocenters. The van der Waals surface area contributed by atoms with Crippen molar-refractivity contribution in [3.8, 4) is 0 Å². The van der Waals surface area contributed by atoms with Crippen molar-refractivity contribution in [1.29, 1.82) is 5.41 Å². The molecule has 0 saturated heterocycles. The average Bonchev–Trinajstić information content (AvgIpc) is 2.98. The van der Waals surface area contributed by atoms with E-state index >= 15 is 0 Å². The standard InChI is InChI=1S/C17H22N4OS/c1-13-19-17(23-21-13)15(11-7-2-3-8-12-18)16(22)20-14-9-5-4-6-10-14/h4-6,9-10,12,15,18H,2-3,7-8,11H2,1H3,(H,20,22). The van der Waals surface area contributed by atoms with Crippen molar-refractivity contribution in [3.05, 3.63) is 41.2 Å². The molecule has 1 aromatic heterocycles. The summed E-state index contributed by atoms with van der Waals surface area (Å²) >= 11 is 1.31. The van der Waals surface area contributed by atoms with E-state index in [9.17, 15) is 4.79 Å². The van der Waals surface area contributed by atoms with E-state index in [0.717, 1.165) is 42.8 Å². The van der Waals surface area contributed by atoms with Gasteiger partial charge in [-0.05, 0) is 56.1 Å². The second-order valence-corrected chi connectivity index (χ2v) is 6.21. The topological polar surface area (TPSA) is 78.7 Å². The number of carbonyl (C=O) groups excluding carboxylic acids is 1. The van der Waals surface area contributed by atoms with Crippen LogP contribution < -0.4 is 5.32 Å². The normalized spacial score (nSPS) is 11.9. The Morgan fingerprint density at radius 3 is 2.74 bits per heavy atom. The van der Waals surface area contributed by atoms with Crippen LogP contribution in [0.5, 0.6) is 0 Å². The summed E-state index contributed by atoms with van der Waals surface area (Å²) < 4.78 is 4.21. The minimum Gasteiger partial charge on any atom is -0.325 e. The molecule has 2 rings (SSSR count). The molecule has 2 aromatic rings. The third kappa shape index (κ3) is 5.56. The fraction of sp³-hybridized carbons (Fsp3) is 0.412. The van der Waals surface area contributed by atoms with Crippen LogP contribution in [0.1, 0.15) is 48.9 Å². The Hall–Kier alpha value is -2.08. The van der Waals surface area contributed by atoms with Crippen LogP contribution >= 0.6 is 11.5 Å². The maximum atomic E-state index is 12.6. The lowest BCUT2D eigenvalue weighted by atomic mass is 10.00. The van der Waals surface area contributed by atoms with Crippen LogP contribution in [0.2, 0.25) is 0 Å². The van der Waals surface area contributed by atoms with Gasteiger partial charge in [-0.15, -0.1) is 0 Å². The molecule has 0 saturated carbocycles. The summed E-state index contributed by atoms with van der Waals surface area (Å²) in [5.74, 6) is 0.423. The molecule has 0 aliphatic rings. The maximum absolute atomic E-state index is 12.6. The summed E-state index contributed by atoms with van der Waals surface area (Å²) in [7, 11) is 0. The quantitative estimate of drug-likeness (QED) is 0.535. The average molecular weight is 330 g/mol. The van der Waals surface area contributed by atoms with Crippen molar-refractivity contribution >= 4 is 29.3 Å². The molecule has 0 aliphatic carbocycles. The van der Waals surface area contributed by atoms with Gasteiger partial charge in [-0.25, -0.2) is 4.98 Å². The molecule has 0 aliphatic heterocycles. The Balaban J connectivity index is 2.00. The number of aromatic nitrogens is 2. The van der Waals surface area contributed by atoms with Crippen molar-refractivity contribution in [2.45, 2.75) is 44.9 Å². The zero-order valence-corrected chi connectivity index (χ0v) is 14.1. The van der Waals surface area contributed by atoms with E-state index in [-0.39, 0.29) is 11.8 Å². The summed E-state index contributed by atoms with van der Waals surface area (Å²) in [5, 5.41) is 10.8. The molecule has 23 heavy (non-hydrogen) atoms. The van der Waals surface area contributed by atoms with Gasteiger partial charge in [0.25, 0.3) is 0 Å². The number of hydrogen-bond acceptors (Lipinski definition) is 5. The first-order valence-electron chi connectivity index (χ1n) is 7.85. The third-order valence-electron chi connectivity index (χ3n) is 3.54. The number of rotatable bonds is 9. The molecular formula is C17H22N4OS. The van der Waals surface area contributed by atoms with Crippen molar-refractivity contribution in [2.24, 2.45) is 0 Å². The van der Waals surface area contributed by atoms with Crippen LogP contribution in [0.25, 0.3) is 0 Å². The van der Waals surface area contributed by atoms with E-state index in [1.54, 1.807) is 0 Å². The Bertz CT molecular complexity index is 627. The van der Waals surface area contributed by atoms with Crippen molar-refractivity contribution in [2.75, 3.05) is 5.32 Å². The van der Waals surface area contributed by atoms with E-state index in [1.807, 2.05) is 37.3 Å². The van der Waals surface area contributed by atoms with E-state index in [2.05, 4.69) is 14.7 Å². The maximum Gasteiger partial charge on any atom is 0.234 e. The number of benzene rings is 1. The molecule has 0 radical (unpaired) electrons. The van der Waals surface area contributed by atoms with Crippen LogP contribution in [-0.4, -0.2) is 21.5 Å². The predicted octanol–water partition coefficient (Wildman–Crippen LogP) is 4.17. The Labute approximate surface area is 140 Å². The molecule has 1 atom stereocenters. The molecular weight excluding hydrogens is 308 g/mol. The summed E-state index contributed by atoms with van der Waals surface area (Å²) in [5.41, 5.74) is 0.799. The molecule has 1 aromatic carbocycles. The lowest BCUT2D eigenvalue weighted by Gasteiger charge is -2.14. The van der Waals surface area contributed by atoms with Gasteiger partial charge in [0.05, 0.1) is 5.92 Å². The minimum atomic E-state index is -0.263. The zero-order chi connectivity index (χ0) is 16.5. The number of aryl methyl sites for hydroxylation is 1. The van der Waals surface area contributed by atoms with E-state index in [1.165, 1.54) is 17.7 Å². The van der Waals surface area contributed by atoms with Gasteiger partial charge in [0.2, 0.25) is 5.91 Å². The van der Waals surface area contributed by atoms with Gasteiger partial charge < -0.3 is 10.7 Å². The fourth-order valence-corrected chi connectivity index (χ4v) is 3.14. The summed E-state index contributed by atoms with van der Waals surface area (Å²) in [6.45, 7) is 1.84. The van der Waals surface area contributed by atoms with E-state index < -0.39 is 0 Å². The second kappa shape index (κ2) is 9.15. The fourth-order valence-electron chi connectivity index (χ4n) is 2.34. The van der Waals surface area contributed by atoms with Gasteiger partial charge in [0, 0.05) is 5.69 Å². The molecule has 5 nitrogen and oxygen atoms in total. The molecule has 1 amide bonds. The second-order valence-electron chi connectivity index (χ2n) is 5.43. The van der Waals surface area contributed by atoms with Crippen LogP contribution in [0, 0.1) is 12.3 Å². The summed E-state index contributed by atoms with van der Waals surface area (Å²) in [6.07, 6.45) is 5.95. The number of carbonyl (C=O) groups is 1. The van der Waals surface area contributed by atoms with Crippen molar-refractivity contribution in [1.82, 2.24) is 9.36 Å². The van der Waals surface area contributed by atoms with Crippen LogP contribution in [-0.2, 0) is 4.79 Å². The van der Waals surface area contributed by atoms with Gasteiger partial charge in [-0.2, -0.15) is 4.37 Å². The Morgan fingerprint density at radius 1 is 1.30 bits per heavy atom. The van der Waals surface area contributed by atoms with E-state index in [4.69, 9.17) is 5.41 Å². The summed E-state index contributed by atoms with van der Waals surface area (Å²) in [4.78, 5) is 17.0. The summed E-state index contributed by atoms with van der Waals surface area (Å²) in [6, 6.07) is 9.48. The van der Waals surface area contributed by atoms with E-state index in [0.29, 0.717) is 5.82 Å². The number of hydrogen-bond donors (Lipinski definition) is 2. The minimum absolute atomic E-state index is 0.0283. The lowest BCUT2D eigenvalue weighted by molar-refractivity contribution is -0.117. The Kier molecular flexibility index (Phi) is 6.87. The first kappa shape index (κ1) is 17.3. The zero-order valence-electron chi connectivity index (χ0n) is 13.3. The number of unbranched alkanes of at least 4 members (excludes halogenated alkanes) is 3. The van der Waals surface area contributed by atoms with Gasteiger partial charge in [-0.1, -0.05) is 31.0 Å². The molecule has 0 bridgehead atoms. The molecule has 2 N–H and O–H groups in total. The highest BCUT2D eigenvalue weighted by atomic mass is 32.1. The number of anilines is 1. The number of amides is 1. The van der Waals surface area contributed by atoms with Gasteiger partial charge in [0.1, 0.15) is 10.8 Å². The monoisotopic (exact) mass is 330 g/mol. The highest BCUT2D eigenvalue weighted by Gasteiger charge is 2.24. The van der Waals surface area contributed by atoms with Crippen molar-refractivity contribution in [3.63, 3.8) is 0 Å². The molecule has 6 heteroatoms. The number of nitrogens with one attached hydrogen (secondary N) is 2. The Morgan fingerprint density at radius 2 is 2.09 bits per heavy atom. The molecule has 0 fully saturated rings. The van der Waals surface area contributed by atoms with Crippen LogP contribution in [0.4, 0.5) is 5.69 Å². The SMILES string of the molecule is Cc1nsc(C(CCCCCC=N)C(=O)Nc2ccccc2)n1. The number of nitrogens with zero attached hydrogens (tertiary/aromatic N) is 2. The largest absolute Gasteiger partial charge is 0.325 e. The highest BCUT2D eigenvalue weighted by Crippen LogP contribution is 2.26. The van der Waals surface area contributed by atoms with Crippen molar-refractivity contribution < 1.29 is 4.79 Å². The van der Waals surface area contributed by atoms with Gasteiger partial charge >= 0.3 is 0 Å². The third-order valence-corrected chi connectivity index (χ3v) is 4.46. The molecule has 122 valence electrons. The first-order valence-corrected chi connectivity index (χ1v) is 8.63. The van der Waals surface area contributed by atoms with Gasteiger partial charge in [0.15, 0.2) is 0 Å². The molecule has 1 heterocycles. The predicted molar refractivity (Wildman–Crippen MR) is 94.3 cm³/mol. The number of para-hydroxylation sites is 1. The highest BCUT2D eigenvalue weighted by molar-refractivity contribution is 7.05. The van der Waals surface area contributed by atoms with Gasteiger partial charge in [-0.3, -0.25) is 4.79 Å². The molecule has 0 spiro atoms.